The third-order valence-electron chi connectivity index (χ3n) is 6.86. The number of carbonyl (C=O) groups excluding carboxylic acids is 1. The van der Waals surface area contributed by atoms with Crippen molar-refractivity contribution in [3.8, 4) is 0 Å². The zero-order valence-corrected chi connectivity index (χ0v) is 18.6. The van der Waals surface area contributed by atoms with Gasteiger partial charge < -0.3 is 5.32 Å². The molecule has 0 aromatic heterocycles. The monoisotopic (exact) mass is 407 g/mol. The first-order chi connectivity index (χ1) is 14.0. The van der Waals surface area contributed by atoms with Gasteiger partial charge in [0.2, 0.25) is 5.91 Å². The Balaban J connectivity index is 1.68. The molecule has 0 fully saturated rings. The lowest BCUT2D eigenvalue weighted by molar-refractivity contribution is -0.137. The minimum Gasteiger partial charge on any atom is -0.378 e. The highest BCUT2D eigenvalue weighted by Crippen LogP contribution is 2.45. The highest BCUT2D eigenvalue weighted by Gasteiger charge is 2.42. The van der Waals surface area contributed by atoms with Crippen LogP contribution in [0.3, 0.4) is 0 Å². The molecule has 4 nitrogen and oxygen atoms in total. The molecular formula is C25H30FN3O. The highest BCUT2D eigenvalue weighted by molar-refractivity contribution is 6.11. The van der Waals surface area contributed by atoms with Crippen LogP contribution in [0.4, 0.5) is 10.1 Å². The van der Waals surface area contributed by atoms with Gasteiger partial charge in [-0.25, -0.2) is 4.39 Å². The minimum absolute atomic E-state index is 0.0516. The van der Waals surface area contributed by atoms with E-state index in [2.05, 4.69) is 48.4 Å². The number of fused-ring (bicyclic) bond motifs is 1. The van der Waals surface area contributed by atoms with Gasteiger partial charge in [-0.3, -0.25) is 14.7 Å². The molecule has 1 aliphatic heterocycles. The molecular weight excluding hydrogens is 377 g/mol. The molecule has 1 amide bonds. The van der Waals surface area contributed by atoms with Crippen LogP contribution in [-0.4, -0.2) is 29.7 Å². The first-order valence-electron chi connectivity index (χ1n) is 10.5. The maximum Gasteiger partial charge on any atom is 0.235 e. The lowest BCUT2D eigenvalue weighted by atomic mass is 9.82. The van der Waals surface area contributed by atoms with E-state index in [1.54, 1.807) is 19.2 Å². The Bertz CT molecular complexity index is 1040. The molecule has 5 heteroatoms. The number of nitrogens with one attached hydrogen (secondary N) is 1. The van der Waals surface area contributed by atoms with Gasteiger partial charge in [0.25, 0.3) is 0 Å². The molecule has 2 atom stereocenters. The number of amides is 1. The van der Waals surface area contributed by atoms with Crippen LogP contribution in [0.2, 0.25) is 0 Å². The van der Waals surface area contributed by atoms with E-state index in [-0.39, 0.29) is 29.2 Å². The van der Waals surface area contributed by atoms with Crippen LogP contribution in [0.25, 0.3) is 0 Å². The van der Waals surface area contributed by atoms with Crippen molar-refractivity contribution in [1.29, 1.82) is 0 Å². The van der Waals surface area contributed by atoms with Gasteiger partial charge in [0.05, 0.1) is 23.1 Å². The third kappa shape index (κ3) is 3.21. The molecule has 2 aromatic rings. The summed E-state index contributed by atoms with van der Waals surface area (Å²) >= 11 is 0. The van der Waals surface area contributed by atoms with Crippen molar-refractivity contribution in [3.63, 3.8) is 0 Å². The summed E-state index contributed by atoms with van der Waals surface area (Å²) < 4.78 is 14.8. The minimum atomic E-state index is -0.607. The third-order valence-corrected chi connectivity index (χ3v) is 6.86. The fourth-order valence-corrected chi connectivity index (χ4v) is 4.65. The summed E-state index contributed by atoms with van der Waals surface area (Å²) in [5.41, 5.74) is 3.28. The number of rotatable bonds is 3. The maximum absolute atomic E-state index is 14.8. The average molecular weight is 408 g/mol. The van der Waals surface area contributed by atoms with E-state index in [0.717, 1.165) is 12.1 Å². The van der Waals surface area contributed by atoms with E-state index in [0.29, 0.717) is 11.4 Å². The van der Waals surface area contributed by atoms with Gasteiger partial charge in [0.1, 0.15) is 11.7 Å². The Labute approximate surface area is 178 Å². The number of amidine groups is 1. The molecule has 0 bridgehead atoms. The van der Waals surface area contributed by atoms with Crippen molar-refractivity contribution in [3.05, 3.63) is 65.0 Å². The number of aliphatic imine (C=N–C) groups is 1. The molecule has 1 aliphatic carbocycles. The first-order valence-corrected chi connectivity index (χ1v) is 10.5. The maximum atomic E-state index is 14.8. The molecule has 0 radical (unpaired) electrons. The summed E-state index contributed by atoms with van der Waals surface area (Å²) in [6.45, 7) is 10.2. The molecule has 0 spiro atoms. The zero-order valence-electron chi connectivity index (χ0n) is 18.6. The number of nitrogens with zero attached hydrogens (tertiary/aromatic N) is 2. The average Bonchev–Trinajstić information content (AvgIpc) is 2.95. The fourth-order valence-electron chi connectivity index (χ4n) is 4.65. The number of carbonyl (C=O) groups is 1. The number of hydrogen-bond donors (Lipinski definition) is 1. The van der Waals surface area contributed by atoms with Gasteiger partial charge >= 0.3 is 0 Å². The van der Waals surface area contributed by atoms with E-state index >= 15 is 0 Å². The smallest absolute Gasteiger partial charge is 0.235 e. The van der Waals surface area contributed by atoms with Gasteiger partial charge in [-0.1, -0.05) is 38.1 Å². The lowest BCUT2D eigenvalue weighted by Crippen LogP contribution is -2.51. The fraction of sp³-hybridized carbons (Fsp3) is 0.440. The van der Waals surface area contributed by atoms with Crippen molar-refractivity contribution in [2.75, 3.05) is 12.4 Å². The van der Waals surface area contributed by atoms with E-state index in [4.69, 9.17) is 0 Å². The van der Waals surface area contributed by atoms with Crippen LogP contribution in [0.1, 0.15) is 63.8 Å². The van der Waals surface area contributed by atoms with Crippen molar-refractivity contribution >= 4 is 17.4 Å². The Morgan fingerprint density at radius 1 is 1.13 bits per heavy atom. The number of halogens is 1. The van der Waals surface area contributed by atoms with Crippen molar-refractivity contribution < 1.29 is 9.18 Å². The van der Waals surface area contributed by atoms with Crippen LogP contribution < -0.4 is 5.32 Å². The van der Waals surface area contributed by atoms with E-state index < -0.39 is 5.41 Å². The lowest BCUT2D eigenvalue weighted by Gasteiger charge is -2.38. The summed E-state index contributed by atoms with van der Waals surface area (Å²) in [5, 5.41) is 3.59. The second-order valence-corrected chi connectivity index (χ2v) is 9.78. The Hall–Kier alpha value is -2.69. The predicted octanol–water partition coefficient (Wildman–Crippen LogP) is 5.29. The first kappa shape index (κ1) is 20.6. The van der Waals surface area contributed by atoms with Crippen LogP contribution in [-0.2, 0) is 10.2 Å². The Morgan fingerprint density at radius 2 is 1.83 bits per heavy atom. The molecule has 2 unspecified atom stereocenters. The second-order valence-electron chi connectivity index (χ2n) is 9.78. The van der Waals surface area contributed by atoms with E-state index in [9.17, 15) is 9.18 Å². The van der Waals surface area contributed by atoms with E-state index in [1.165, 1.54) is 22.1 Å². The van der Waals surface area contributed by atoms with Gasteiger partial charge in [0, 0.05) is 12.7 Å². The topological polar surface area (TPSA) is 44.7 Å². The molecule has 0 saturated carbocycles. The Kier molecular flexibility index (Phi) is 4.75. The second kappa shape index (κ2) is 6.93. The quantitative estimate of drug-likeness (QED) is 0.751. The number of hydrogen-bond acceptors (Lipinski definition) is 3. The van der Waals surface area contributed by atoms with Crippen LogP contribution in [0.5, 0.6) is 0 Å². The van der Waals surface area contributed by atoms with Gasteiger partial charge in [-0.05, 0) is 61.9 Å². The van der Waals surface area contributed by atoms with Gasteiger partial charge in [-0.15, -0.1) is 0 Å². The summed E-state index contributed by atoms with van der Waals surface area (Å²) in [6, 6.07) is 13.4. The Morgan fingerprint density at radius 3 is 2.57 bits per heavy atom. The normalized spacial score (nSPS) is 24.4. The molecule has 2 aromatic carbocycles. The summed E-state index contributed by atoms with van der Waals surface area (Å²) in [7, 11) is 1.67. The van der Waals surface area contributed by atoms with Gasteiger partial charge in [0.15, 0.2) is 0 Å². The number of anilines is 1. The SMILES string of the molecule is CC1N=C(c2cc(NC3CC(C)(C)c4ccccc43)ccc2F)N(C)C(=O)C1(C)C. The standard InChI is InChI=1S/C25H30FN3O/c1-15-25(4,5)23(30)29(6)22(27-15)18-13-16(11-12-20(18)26)28-21-14-24(2,3)19-10-8-7-9-17(19)21/h7-13,15,21,28H,14H2,1-6H3. The molecule has 30 heavy (non-hydrogen) atoms. The van der Waals surface area contributed by atoms with Crippen LogP contribution in [0.15, 0.2) is 47.5 Å². The molecule has 0 saturated heterocycles. The predicted molar refractivity (Wildman–Crippen MR) is 119 cm³/mol. The highest BCUT2D eigenvalue weighted by atomic mass is 19.1. The molecule has 2 aliphatic rings. The van der Waals surface area contributed by atoms with Crippen molar-refractivity contribution in [2.24, 2.45) is 10.4 Å². The molecule has 1 N–H and O–H groups in total. The summed E-state index contributed by atoms with van der Waals surface area (Å²) in [4.78, 5) is 19.0. The molecule has 1 heterocycles. The van der Waals surface area contributed by atoms with E-state index in [1.807, 2.05) is 20.8 Å². The van der Waals surface area contributed by atoms with Crippen LogP contribution >= 0.6 is 0 Å². The number of benzene rings is 2. The van der Waals surface area contributed by atoms with Crippen molar-refractivity contribution in [1.82, 2.24) is 4.90 Å². The van der Waals surface area contributed by atoms with Gasteiger partial charge in [-0.2, -0.15) is 0 Å². The zero-order chi connectivity index (χ0) is 21.8. The van der Waals surface area contributed by atoms with Crippen molar-refractivity contribution in [2.45, 2.75) is 58.5 Å². The largest absolute Gasteiger partial charge is 0.378 e. The molecule has 4 rings (SSSR count). The summed E-state index contributed by atoms with van der Waals surface area (Å²) in [6.07, 6.45) is 0.962. The summed E-state index contributed by atoms with van der Waals surface area (Å²) in [5.74, 6) is -0.0395. The molecule has 158 valence electrons. The van der Waals surface area contributed by atoms with Crippen LogP contribution in [0, 0.1) is 11.2 Å².